The van der Waals surface area contributed by atoms with Crippen molar-refractivity contribution in [3.63, 3.8) is 0 Å². The van der Waals surface area contributed by atoms with E-state index in [9.17, 15) is 22.4 Å². The second-order valence-electron chi connectivity index (χ2n) is 9.13. The summed E-state index contributed by atoms with van der Waals surface area (Å²) < 4.78 is 49.8. The number of methoxy groups -OCH3 is 1. The number of carbonyl (C=O) groups is 1. The highest BCUT2D eigenvalue weighted by molar-refractivity contribution is 7.88. The molecule has 0 spiro atoms. The van der Waals surface area contributed by atoms with Gasteiger partial charge in [-0.25, -0.2) is 22.5 Å². The maximum atomic E-state index is 13.6. The molecule has 4 rings (SSSR count). The van der Waals surface area contributed by atoms with Gasteiger partial charge in [0.15, 0.2) is 11.6 Å². The number of carbonyl (C=O) groups excluding carboxylic acids is 1. The molecule has 0 saturated heterocycles. The van der Waals surface area contributed by atoms with E-state index in [4.69, 9.17) is 9.47 Å². The molecule has 0 radical (unpaired) electrons. The number of sulfonamides is 1. The number of ether oxygens (including phenoxy) is 2. The number of aromatic amines is 1. The number of thiophene rings is 1. The van der Waals surface area contributed by atoms with E-state index in [1.54, 1.807) is 5.38 Å². The van der Waals surface area contributed by atoms with Crippen LogP contribution in [0.1, 0.15) is 47.4 Å². The van der Waals surface area contributed by atoms with Crippen LogP contribution in [0.5, 0.6) is 5.75 Å². The summed E-state index contributed by atoms with van der Waals surface area (Å²) in [6.45, 7) is 0.861. The molecule has 0 unspecified atom stereocenters. The van der Waals surface area contributed by atoms with Crippen LogP contribution >= 0.6 is 11.3 Å². The quantitative estimate of drug-likeness (QED) is 0.351. The molecule has 0 atom stereocenters. The van der Waals surface area contributed by atoms with Gasteiger partial charge in [-0.05, 0) is 54.7 Å². The van der Waals surface area contributed by atoms with E-state index in [1.165, 1.54) is 42.9 Å². The van der Waals surface area contributed by atoms with Crippen molar-refractivity contribution in [2.45, 2.75) is 44.9 Å². The van der Waals surface area contributed by atoms with Crippen LogP contribution in [-0.2, 0) is 27.9 Å². The zero-order valence-corrected chi connectivity index (χ0v) is 22.1. The molecule has 1 fully saturated rings. The highest BCUT2D eigenvalue weighted by Gasteiger charge is 2.23. The van der Waals surface area contributed by atoms with Gasteiger partial charge < -0.3 is 19.8 Å². The summed E-state index contributed by atoms with van der Waals surface area (Å²) in [5, 5.41) is 4.86. The molecule has 1 amide bonds. The lowest BCUT2D eigenvalue weighted by Crippen LogP contribution is -2.37. The molecule has 10 nitrogen and oxygen atoms in total. The lowest BCUT2D eigenvalue weighted by atomic mass is 9.87. The smallest absolute Gasteiger partial charge is 0.287 e. The molecule has 1 aliphatic carbocycles. The van der Waals surface area contributed by atoms with Crippen LogP contribution in [0.15, 0.2) is 28.4 Å². The third-order valence-electron chi connectivity index (χ3n) is 6.24. The summed E-state index contributed by atoms with van der Waals surface area (Å²) in [7, 11) is -1.84. The van der Waals surface area contributed by atoms with Crippen molar-refractivity contribution >= 4 is 37.5 Å². The molecule has 0 aliphatic heterocycles. The van der Waals surface area contributed by atoms with Crippen LogP contribution in [-0.4, -0.2) is 50.3 Å². The van der Waals surface area contributed by atoms with Crippen LogP contribution in [0.4, 0.5) is 4.39 Å². The van der Waals surface area contributed by atoms with Crippen LogP contribution in [0.2, 0.25) is 0 Å². The van der Waals surface area contributed by atoms with Gasteiger partial charge in [0, 0.05) is 24.8 Å². The normalized spacial score (nSPS) is 18.1. The number of rotatable bonds is 10. The maximum absolute atomic E-state index is 13.6. The van der Waals surface area contributed by atoms with Gasteiger partial charge in [-0.1, -0.05) is 6.07 Å². The average Bonchev–Trinajstić information content (AvgIpc) is 3.27. The fourth-order valence-corrected chi connectivity index (χ4v) is 6.15. The van der Waals surface area contributed by atoms with Crippen molar-refractivity contribution in [2.75, 3.05) is 20.0 Å². The van der Waals surface area contributed by atoms with E-state index >= 15 is 0 Å². The number of nitrogens with zero attached hydrogens (tertiary/aromatic N) is 1. The van der Waals surface area contributed by atoms with Crippen LogP contribution in [0.3, 0.4) is 0 Å². The largest absolute Gasteiger partial charge is 0.494 e. The van der Waals surface area contributed by atoms with Gasteiger partial charge in [0.1, 0.15) is 4.83 Å². The molecule has 37 heavy (non-hydrogen) atoms. The summed E-state index contributed by atoms with van der Waals surface area (Å²) in [4.78, 5) is 32.6. The number of aromatic nitrogens is 2. The topological polar surface area (TPSA) is 139 Å². The number of hydrogen-bond donors (Lipinski definition) is 3. The second-order valence-corrected chi connectivity index (χ2v) is 11.8. The van der Waals surface area contributed by atoms with Crippen molar-refractivity contribution < 1.29 is 27.1 Å². The van der Waals surface area contributed by atoms with E-state index < -0.39 is 27.3 Å². The predicted octanol–water partition coefficient (Wildman–Crippen LogP) is 2.69. The van der Waals surface area contributed by atoms with Gasteiger partial charge in [-0.3, -0.25) is 9.59 Å². The number of halogens is 1. The van der Waals surface area contributed by atoms with E-state index in [2.05, 4.69) is 20.0 Å². The summed E-state index contributed by atoms with van der Waals surface area (Å²) >= 11 is 1.26. The monoisotopic (exact) mass is 552 g/mol. The highest BCUT2D eigenvalue weighted by Crippen LogP contribution is 2.26. The Morgan fingerprint density at radius 3 is 2.73 bits per heavy atom. The Bertz CT molecular complexity index is 1430. The van der Waals surface area contributed by atoms with Crippen molar-refractivity contribution in [2.24, 2.45) is 5.92 Å². The zero-order chi connectivity index (χ0) is 26.6. The maximum Gasteiger partial charge on any atom is 0.287 e. The molecule has 1 aromatic carbocycles. The summed E-state index contributed by atoms with van der Waals surface area (Å²) in [5.41, 5.74) is 0.906. The Labute approximate surface area is 217 Å². The summed E-state index contributed by atoms with van der Waals surface area (Å²) in [6, 6.07) is 4.24. The first kappa shape index (κ1) is 27.2. The van der Waals surface area contributed by atoms with Gasteiger partial charge in [-0.15, -0.1) is 11.3 Å². The standard InChI is InChI=1S/C24H29FN4O6S2/c1-34-19-9-15(5-8-18(19)25)10-26-23(31)21-27-22(30)20-16(13-36-24(20)28-21)12-35-11-14-3-6-17(7-4-14)29-37(2,32)33/h5,8-9,13-14,17,29H,3-4,6-7,10-12H2,1-2H3,(H,26,31)(H,27,28,30). The van der Waals surface area contributed by atoms with E-state index in [1.807, 2.05) is 0 Å². The molecule has 2 heterocycles. The Kier molecular flexibility index (Phi) is 8.57. The van der Waals surface area contributed by atoms with Crippen LogP contribution < -0.4 is 20.3 Å². The first-order valence-electron chi connectivity index (χ1n) is 11.8. The van der Waals surface area contributed by atoms with Crippen molar-refractivity contribution in [3.05, 3.63) is 56.7 Å². The van der Waals surface area contributed by atoms with E-state index in [0.717, 1.165) is 25.7 Å². The Morgan fingerprint density at radius 2 is 2.03 bits per heavy atom. The third-order valence-corrected chi connectivity index (χ3v) is 7.92. The van der Waals surface area contributed by atoms with Crippen molar-refractivity contribution in [1.82, 2.24) is 20.0 Å². The SMILES string of the molecule is COc1cc(CNC(=O)c2nc3scc(COCC4CCC(NS(C)(=O)=O)CC4)c3c(=O)[nH]2)ccc1F. The number of fused-ring (bicyclic) bond motifs is 1. The number of benzene rings is 1. The average molecular weight is 553 g/mol. The van der Waals surface area contributed by atoms with Crippen LogP contribution in [0, 0.1) is 11.7 Å². The van der Waals surface area contributed by atoms with Gasteiger partial charge in [0.25, 0.3) is 11.5 Å². The van der Waals surface area contributed by atoms with Crippen molar-refractivity contribution in [1.29, 1.82) is 0 Å². The molecule has 3 N–H and O–H groups in total. The lowest BCUT2D eigenvalue weighted by molar-refractivity contribution is 0.0719. The summed E-state index contributed by atoms with van der Waals surface area (Å²) in [6.07, 6.45) is 4.44. The molecule has 3 aromatic rings. The molecular weight excluding hydrogens is 523 g/mol. The zero-order valence-electron chi connectivity index (χ0n) is 20.5. The van der Waals surface area contributed by atoms with E-state index in [0.29, 0.717) is 33.9 Å². The first-order chi connectivity index (χ1) is 17.6. The fourth-order valence-electron chi connectivity index (χ4n) is 4.39. The van der Waals surface area contributed by atoms with Crippen molar-refractivity contribution in [3.8, 4) is 5.75 Å². The van der Waals surface area contributed by atoms with Gasteiger partial charge in [-0.2, -0.15) is 0 Å². The van der Waals surface area contributed by atoms with E-state index in [-0.39, 0.29) is 30.8 Å². The lowest BCUT2D eigenvalue weighted by Gasteiger charge is -2.28. The number of hydrogen-bond acceptors (Lipinski definition) is 8. The minimum atomic E-state index is -3.20. The Morgan fingerprint density at radius 1 is 1.27 bits per heavy atom. The third kappa shape index (κ3) is 7.12. The molecule has 0 bridgehead atoms. The predicted molar refractivity (Wildman–Crippen MR) is 138 cm³/mol. The second kappa shape index (κ2) is 11.7. The minimum Gasteiger partial charge on any atom is -0.494 e. The number of amides is 1. The first-order valence-corrected chi connectivity index (χ1v) is 14.6. The Hall–Kier alpha value is -2.87. The van der Waals surface area contributed by atoms with Crippen LogP contribution in [0.25, 0.3) is 10.2 Å². The number of H-pyrrole nitrogens is 1. The molecule has 13 heteroatoms. The van der Waals surface area contributed by atoms with Gasteiger partial charge in [0.05, 0.1) is 25.4 Å². The molecule has 1 saturated carbocycles. The minimum absolute atomic E-state index is 0.0263. The summed E-state index contributed by atoms with van der Waals surface area (Å²) in [5.74, 6) is -0.768. The van der Waals surface area contributed by atoms with Gasteiger partial charge in [0.2, 0.25) is 15.8 Å². The fraction of sp³-hybridized carbons (Fsp3) is 0.458. The highest BCUT2D eigenvalue weighted by atomic mass is 32.2. The number of nitrogens with one attached hydrogen (secondary N) is 3. The molecular formula is C24H29FN4O6S2. The molecule has 2 aromatic heterocycles. The molecule has 1 aliphatic rings. The Balaban J connectivity index is 1.32. The van der Waals surface area contributed by atoms with Gasteiger partial charge >= 0.3 is 0 Å². The molecule has 200 valence electrons.